The second-order valence-corrected chi connectivity index (χ2v) is 7.93. The molecule has 0 spiro atoms. The number of aromatic nitrogens is 1. The third kappa shape index (κ3) is 4.82. The summed E-state index contributed by atoms with van der Waals surface area (Å²) in [7, 11) is 0. The number of nitrogens with zero attached hydrogens (tertiary/aromatic N) is 2. The average Bonchev–Trinajstić information content (AvgIpc) is 3.05. The Morgan fingerprint density at radius 2 is 1.60 bits per heavy atom. The van der Waals surface area contributed by atoms with Crippen LogP contribution in [0.15, 0.2) is 36.4 Å². The van der Waals surface area contributed by atoms with Gasteiger partial charge in [0.1, 0.15) is 4.88 Å². The van der Waals surface area contributed by atoms with E-state index in [-0.39, 0.29) is 5.91 Å². The van der Waals surface area contributed by atoms with E-state index in [1.807, 2.05) is 39.0 Å². The van der Waals surface area contributed by atoms with Crippen molar-refractivity contribution in [1.82, 2.24) is 4.98 Å². The molecule has 1 heterocycles. The molecule has 1 aromatic heterocycles. The molecule has 0 aliphatic heterocycles. The molecule has 0 aliphatic carbocycles. The lowest BCUT2D eigenvalue weighted by molar-refractivity contribution is 0.102. The average molecular weight is 420 g/mol. The topological polar surface area (TPSA) is 107 Å². The predicted molar refractivity (Wildman–Crippen MR) is 119 cm³/mol. The number of amides is 3. The number of hydrogen-bond donors (Lipinski definition) is 3. The van der Waals surface area contributed by atoms with E-state index in [4.69, 9.17) is 5.26 Å². The van der Waals surface area contributed by atoms with Crippen molar-refractivity contribution in [2.45, 2.75) is 27.7 Å². The van der Waals surface area contributed by atoms with Gasteiger partial charge in [0.15, 0.2) is 5.13 Å². The van der Waals surface area contributed by atoms with Crippen LogP contribution >= 0.6 is 11.3 Å². The first-order chi connectivity index (χ1) is 14.3. The van der Waals surface area contributed by atoms with Crippen molar-refractivity contribution in [1.29, 1.82) is 5.26 Å². The summed E-state index contributed by atoms with van der Waals surface area (Å²) in [5, 5.41) is 17.4. The molecule has 7 nitrogen and oxygen atoms in total. The van der Waals surface area contributed by atoms with Crippen molar-refractivity contribution in [2.75, 3.05) is 16.0 Å². The summed E-state index contributed by atoms with van der Waals surface area (Å²) in [6.07, 6.45) is 0. The van der Waals surface area contributed by atoms with Gasteiger partial charge in [-0.05, 0) is 63.1 Å². The molecule has 3 rings (SSSR count). The van der Waals surface area contributed by atoms with Crippen molar-refractivity contribution >= 4 is 39.8 Å². The highest BCUT2D eigenvalue weighted by Crippen LogP contribution is 2.27. The van der Waals surface area contributed by atoms with Gasteiger partial charge in [0.25, 0.3) is 5.91 Å². The molecule has 0 fully saturated rings. The molecule has 0 aliphatic rings. The minimum absolute atomic E-state index is 0.263. The Hall–Kier alpha value is -3.70. The van der Waals surface area contributed by atoms with Crippen LogP contribution in [-0.4, -0.2) is 16.9 Å². The van der Waals surface area contributed by atoms with Crippen molar-refractivity contribution in [3.8, 4) is 6.07 Å². The summed E-state index contributed by atoms with van der Waals surface area (Å²) in [6.45, 7) is 7.65. The minimum atomic E-state index is -0.481. The second kappa shape index (κ2) is 8.76. The normalized spacial score (nSPS) is 10.2. The Kier molecular flexibility index (Phi) is 6.14. The SMILES string of the molecule is Cc1cc(C)c(NC(=O)c2sc(NC(=O)Nc3ccc(C#N)cc3)nc2C)c(C)c1. The maximum Gasteiger partial charge on any atom is 0.325 e. The number of hydrogen-bond acceptors (Lipinski definition) is 5. The molecule has 0 atom stereocenters. The zero-order valence-electron chi connectivity index (χ0n) is 17.1. The van der Waals surface area contributed by atoms with Crippen LogP contribution in [0.3, 0.4) is 0 Å². The predicted octanol–water partition coefficient (Wildman–Crippen LogP) is 5.14. The zero-order valence-corrected chi connectivity index (χ0v) is 17.9. The van der Waals surface area contributed by atoms with Gasteiger partial charge in [-0.1, -0.05) is 29.0 Å². The maximum absolute atomic E-state index is 12.8. The fourth-order valence-corrected chi connectivity index (χ4v) is 3.95. The molecular formula is C22H21N5O2S. The summed E-state index contributed by atoms with van der Waals surface area (Å²) < 4.78 is 0. The van der Waals surface area contributed by atoms with Gasteiger partial charge in [-0.15, -0.1) is 0 Å². The first-order valence-corrected chi connectivity index (χ1v) is 10.0. The van der Waals surface area contributed by atoms with Gasteiger partial charge in [-0.3, -0.25) is 10.1 Å². The fourth-order valence-electron chi connectivity index (χ4n) is 3.10. The largest absolute Gasteiger partial charge is 0.325 e. The van der Waals surface area contributed by atoms with Gasteiger partial charge in [0, 0.05) is 11.4 Å². The highest BCUT2D eigenvalue weighted by molar-refractivity contribution is 7.17. The third-order valence-electron chi connectivity index (χ3n) is 4.41. The van der Waals surface area contributed by atoms with Crippen LogP contribution in [0.1, 0.15) is 37.6 Å². The Morgan fingerprint density at radius 1 is 0.967 bits per heavy atom. The number of urea groups is 1. The fraction of sp³-hybridized carbons (Fsp3) is 0.182. The van der Waals surface area contributed by atoms with Crippen LogP contribution in [-0.2, 0) is 0 Å². The number of aryl methyl sites for hydroxylation is 4. The van der Waals surface area contributed by atoms with E-state index in [0.29, 0.717) is 27.0 Å². The molecule has 0 bridgehead atoms. The van der Waals surface area contributed by atoms with E-state index < -0.39 is 6.03 Å². The van der Waals surface area contributed by atoms with Crippen LogP contribution in [0.2, 0.25) is 0 Å². The quantitative estimate of drug-likeness (QED) is 0.544. The van der Waals surface area contributed by atoms with Crippen LogP contribution in [0.5, 0.6) is 0 Å². The first kappa shape index (κ1) is 21.0. The lowest BCUT2D eigenvalue weighted by Crippen LogP contribution is -2.19. The van der Waals surface area contributed by atoms with Gasteiger partial charge in [0.2, 0.25) is 0 Å². The molecule has 30 heavy (non-hydrogen) atoms. The number of carbonyl (C=O) groups is 2. The molecule has 2 aromatic carbocycles. The summed E-state index contributed by atoms with van der Waals surface area (Å²) in [6, 6.07) is 12.1. The summed E-state index contributed by atoms with van der Waals surface area (Å²) in [5.41, 5.74) is 5.48. The molecule has 0 unspecified atom stereocenters. The maximum atomic E-state index is 12.8. The van der Waals surface area contributed by atoms with Crippen LogP contribution in [0, 0.1) is 39.0 Å². The Labute approximate surface area is 178 Å². The minimum Gasteiger partial charge on any atom is -0.321 e. The highest BCUT2D eigenvalue weighted by Gasteiger charge is 2.18. The highest BCUT2D eigenvalue weighted by atomic mass is 32.1. The lowest BCUT2D eigenvalue weighted by atomic mass is 10.1. The van der Waals surface area contributed by atoms with Crippen molar-refractivity contribution in [2.24, 2.45) is 0 Å². The molecule has 3 amide bonds. The number of carbonyl (C=O) groups excluding carboxylic acids is 2. The van der Waals surface area contributed by atoms with E-state index in [9.17, 15) is 9.59 Å². The van der Waals surface area contributed by atoms with Gasteiger partial charge >= 0.3 is 6.03 Å². The van der Waals surface area contributed by atoms with Crippen LogP contribution < -0.4 is 16.0 Å². The van der Waals surface area contributed by atoms with E-state index in [1.54, 1.807) is 31.2 Å². The van der Waals surface area contributed by atoms with Crippen LogP contribution in [0.4, 0.5) is 21.3 Å². The summed E-state index contributed by atoms with van der Waals surface area (Å²) in [5.74, 6) is -0.263. The van der Waals surface area contributed by atoms with Crippen molar-refractivity contribution in [3.05, 3.63) is 69.2 Å². The van der Waals surface area contributed by atoms with Crippen molar-refractivity contribution in [3.63, 3.8) is 0 Å². The molecule has 0 saturated carbocycles. The van der Waals surface area contributed by atoms with Crippen molar-refractivity contribution < 1.29 is 9.59 Å². The monoisotopic (exact) mass is 419 g/mol. The number of nitrogens with one attached hydrogen (secondary N) is 3. The zero-order chi connectivity index (χ0) is 21.8. The standard InChI is InChI=1S/C22H21N5O2S/c1-12-9-13(2)18(14(3)10-12)26-20(28)19-15(4)24-22(30-19)27-21(29)25-17-7-5-16(11-23)6-8-17/h5-10H,1-4H3,(H,26,28)(H2,24,25,27,29). The smallest absolute Gasteiger partial charge is 0.321 e. The van der Waals surface area contributed by atoms with E-state index in [2.05, 4.69) is 20.9 Å². The first-order valence-electron chi connectivity index (χ1n) is 9.21. The second-order valence-electron chi connectivity index (χ2n) is 6.93. The number of benzene rings is 2. The summed E-state index contributed by atoms with van der Waals surface area (Å²) in [4.78, 5) is 29.7. The molecule has 3 N–H and O–H groups in total. The summed E-state index contributed by atoms with van der Waals surface area (Å²) >= 11 is 1.11. The Balaban J connectivity index is 1.69. The van der Waals surface area contributed by atoms with Gasteiger partial charge in [-0.2, -0.15) is 5.26 Å². The third-order valence-corrected chi connectivity index (χ3v) is 5.48. The molecule has 0 saturated heterocycles. The number of nitriles is 1. The molecular weight excluding hydrogens is 398 g/mol. The van der Waals surface area contributed by atoms with Crippen LogP contribution in [0.25, 0.3) is 0 Å². The van der Waals surface area contributed by atoms with E-state index >= 15 is 0 Å². The molecule has 0 radical (unpaired) electrons. The number of rotatable bonds is 4. The van der Waals surface area contributed by atoms with Gasteiger partial charge < -0.3 is 10.6 Å². The molecule has 8 heteroatoms. The number of anilines is 3. The number of thiazole rings is 1. The van der Waals surface area contributed by atoms with Gasteiger partial charge in [-0.25, -0.2) is 9.78 Å². The lowest BCUT2D eigenvalue weighted by Gasteiger charge is -2.12. The molecule has 3 aromatic rings. The van der Waals surface area contributed by atoms with E-state index in [1.165, 1.54) is 0 Å². The van der Waals surface area contributed by atoms with Gasteiger partial charge in [0.05, 0.1) is 17.3 Å². The Morgan fingerprint density at radius 3 is 2.20 bits per heavy atom. The van der Waals surface area contributed by atoms with E-state index in [0.717, 1.165) is 33.7 Å². The Bertz CT molecular complexity index is 1140. The molecule has 152 valence electrons.